The molecule has 0 aliphatic carbocycles. The molecule has 4 nitrogen and oxygen atoms in total. The summed E-state index contributed by atoms with van der Waals surface area (Å²) in [5, 5.41) is 2.49. The van der Waals surface area contributed by atoms with Crippen LogP contribution >= 0.6 is 23.1 Å². The number of rotatable bonds is 5. The van der Waals surface area contributed by atoms with Crippen molar-refractivity contribution in [3.63, 3.8) is 0 Å². The van der Waals surface area contributed by atoms with Gasteiger partial charge in [0.05, 0.1) is 26.9 Å². The lowest BCUT2D eigenvalue weighted by Gasteiger charge is -2.17. The van der Waals surface area contributed by atoms with Gasteiger partial charge in [-0.1, -0.05) is 43.0 Å². The maximum Gasteiger partial charge on any atom is 0.262 e. The lowest BCUT2D eigenvalue weighted by Crippen LogP contribution is -2.26. The van der Waals surface area contributed by atoms with Gasteiger partial charge in [-0.2, -0.15) is 0 Å². The number of fused-ring (bicyclic) bond motifs is 2. The summed E-state index contributed by atoms with van der Waals surface area (Å²) in [4.78, 5) is 22.5. The molecule has 0 amide bonds. The van der Waals surface area contributed by atoms with Crippen molar-refractivity contribution in [1.82, 2.24) is 14.5 Å². The Morgan fingerprint density at radius 2 is 1.81 bits per heavy atom. The Hall–Kier alpha value is -2.18. The fraction of sp³-hybridized carbons (Fsp3) is 0.250. The van der Waals surface area contributed by atoms with Gasteiger partial charge in [-0.05, 0) is 37.6 Å². The average molecular weight is 382 g/mol. The van der Waals surface area contributed by atoms with Crippen molar-refractivity contribution in [2.75, 3.05) is 0 Å². The molecule has 4 rings (SSSR count). The molecular weight excluding hydrogens is 362 g/mol. The summed E-state index contributed by atoms with van der Waals surface area (Å²) in [6.45, 7) is 4.16. The number of thiazole rings is 1. The summed E-state index contributed by atoms with van der Waals surface area (Å²) in [6, 6.07) is 15.8. The van der Waals surface area contributed by atoms with Crippen LogP contribution in [0, 0.1) is 0 Å². The molecule has 1 atom stereocenters. The zero-order chi connectivity index (χ0) is 18.1. The lowest BCUT2D eigenvalue weighted by molar-refractivity contribution is 0.468. The number of aromatic nitrogens is 3. The first-order valence-electron chi connectivity index (χ1n) is 8.66. The highest BCUT2D eigenvalue weighted by molar-refractivity contribution is 7.98. The Kier molecular flexibility index (Phi) is 4.78. The Balaban J connectivity index is 1.73. The van der Waals surface area contributed by atoms with E-state index in [-0.39, 0.29) is 11.6 Å². The van der Waals surface area contributed by atoms with E-state index in [1.807, 2.05) is 47.0 Å². The van der Waals surface area contributed by atoms with Gasteiger partial charge >= 0.3 is 0 Å². The Morgan fingerprint density at radius 1 is 1.08 bits per heavy atom. The summed E-state index contributed by atoms with van der Waals surface area (Å²) < 4.78 is 3.02. The SMILES string of the molecule is CC[C@@H](C)n1c(SCc2nc3ccccc3s2)nc2ccccc2c1=O. The number of hydrogen-bond acceptors (Lipinski definition) is 5. The van der Waals surface area contributed by atoms with Gasteiger partial charge in [-0.3, -0.25) is 9.36 Å². The van der Waals surface area contributed by atoms with E-state index in [1.54, 1.807) is 23.1 Å². The molecule has 0 saturated heterocycles. The minimum Gasteiger partial charge on any atom is -0.284 e. The molecule has 0 saturated carbocycles. The second-order valence-electron chi connectivity index (χ2n) is 6.21. The smallest absolute Gasteiger partial charge is 0.262 e. The summed E-state index contributed by atoms with van der Waals surface area (Å²) in [5.41, 5.74) is 1.82. The van der Waals surface area contributed by atoms with E-state index in [0.29, 0.717) is 11.1 Å². The maximum atomic E-state index is 13.0. The first-order chi connectivity index (χ1) is 12.7. The van der Waals surface area contributed by atoms with Gasteiger partial charge in [-0.25, -0.2) is 9.97 Å². The van der Waals surface area contributed by atoms with Gasteiger partial charge in [-0.15, -0.1) is 11.3 Å². The van der Waals surface area contributed by atoms with E-state index in [0.717, 1.165) is 27.6 Å². The van der Waals surface area contributed by atoms with Crippen LogP contribution in [-0.2, 0) is 5.75 Å². The fourth-order valence-electron chi connectivity index (χ4n) is 2.91. The van der Waals surface area contributed by atoms with Crippen LogP contribution in [0.4, 0.5) is 0 Å². The zero-order valence-corrected chi connectivity index (χ0v) is 16.3. The number of hydrogen-bond donors (Lipinski definition) is 0. The monoisotopic (exact) mass is 381 g/mol. The Bertz CT molecular complexity index is 1100. The predicted octanol–water partition coefficient (Wildman–Crippen LogP) is 5.27. The molecule has 0 aliphatic rings. The van der Waals surface area contributed by atoms with Crippen LogP contribution in [0.25, 0.3) is 21.1 Å². The molecule has 0 unspecified atom stereocenters. The second-order valence-corrected chi connectivity index (χ2v) is 8.27. The molecule has 132 valence electrons. The van der Waals surface area contributed by atoms with Crippen molar-refractivity contribution in [1.29, 1.82) is 0 Å². The summed E-state index contributed by atoms with van der Waals surface area (Å²) >= 11 is 3.29. The molecule has 26 heavy (non-hydrogen) atoms. The summed E-state index contributed by atoms with van der Waals surface area (Å²) in [7, 11) is 0. The van der Waals surface area contributed by atoms with E-state index in [2.05, 4.69) is 24.9 Å². The normalized spacial score (nSPS) is 12.7. The molecule has 4 aromatic rings. The van der Waals surface area contributed by atoms with Crippen LogP contribution in [0.15, 0.2) is 58.5 Å². The zero-order valence-electron chi connectivity index (χ0n) is 14.7. The van der Waals surface area contributed by atoms with Crippen LogP contribution in [0.1, 0.15) is 31.3 Å². The van der Waals surface area contributed by atoms with Crippen molar-refractivity contribution in [2.24, 2.45) is 0 Å². The van der Waals surface area contributed by atoms with Crippen LogP contribution < -0.4 is 5.56 Å². The number of benzene rings is 2. The van der Waals surface area contributed by atoms with E-state index in [4.69, 9.17) is 4.98 Å². The van der Waals surface area contributed by atoms with E-state index < -0.39 is 0 Å². The van der Waals surface area contributed by atoms with Gasteiger partial charge in [0, 0.05) is 6.04 Å². The van der Waals surface area contributed by atoms with Crippen molar-refractivity contribution >= 4 is 44.2 Å². The van der Waals surface area contributed by atoms with Gasteiger partial charge in [0.25, 0.3) is 5.56 Å². The molecular formula is C20H19N3OS2. The molecule has 0 spiro atoms. The van der Waals surface area contributed by atoms with Crippen LogP contribution in [0.2, 0.25) is 0 Å². The Morgan fingerprint density at radius 3 is 2.58 bits per heavy atom. The minimum absolute atomic E-state index is 0.0387. The largest absolute Gasteiger partial charge is 0.284 e. The molecule has 0 N–H and O–H groups in total. The average Bonchev–Trinajstić information content (AvgIpc) is 3.09. The Labute approximate surface area is 159 Å². The molecule has 0 radical (unpaired) electrons. The predicted molar refractivity (Wildman–Crippen MR) is 110 cm³/mol. The molecule has 2 aromatic carbocycles. The molecule has 0 aliphatic heterocycles. The maximum absolute atomic E-state index is 13.0. The lowest BCUT2D eigenvalue weighted by atomic mass is 10.2. The first kappa shape index (κ1) is 17.2. The minimum atomic E-state index is 0.0387. The van der Waals surface area contributed by atoms with Crippen LogP contribution in [0.3, 0.4) is 0 Å². The number of thioether (sulfide) groups is 1. The standard InChI is InChI=1S/C20H19N3OS2/c1-3-13(2)23-19(24)14-8-4-5-9-15(14)22-20(23)25-12-18-21-16-10-6-7-11-17(16)26-18/h4-11,13H,3,12H2,1-2H3/t13-/m1/s1. The van der Waals surface area contributed by atoms with Gasteiger partial charge in [0.1, 0.15) is 5.01 Å². The molecule has 2 aromatic heterocycles. The van der Waals surface area contributed by atoms with Crippen molar-refractivity contribution in [2.45, 2.75) is 37.2 Å². The fourth-order valence-corrected chi connectivity index (χ4v) is 4.96. The topological polar surface area (TPSA) is 47.8 Å². The number of nitrogens with zero attached hydrogens (tertiary/aromatic N) is 3. The van der Waals surface area contributed by atoms with Crippen LogP contribution in [-0.4, -0.2) is 14.5 Å². The van der Waals surface area contributed by atoms with Gasteiger partial charge in [0.2, 0.25) is 0 Å². The van der Waals surface area contributed by atoms with E-state index >= 15 is 0 Å². The highest BCUT2D eigenvalue weighted by atomic mass is 32.2. The first-order valence-corrected chi connectivity index (χ1v) is 10.5. The summed E-state index contributed by atoms with van der Waals surface area (Å²) in [5.74, 6) is 0.709. The van der Waals surface area contributed by atoms with Gasteiger partial charge in [0.15, 0.2) is 5.16 Å². The molecule has 6 heteroatoms. The van der Waals surface area contributed by atoms with Crippen molar-refractivity contribution in [3.05, 3.63) is 63.9 Å². The third kappa shape index (κ3) is 3.15. The molecule has 2 heterocycles. The third-order valence-electron chi connectivity index (χ3n) is 4.47. The van der Waals surface area contributed by atoms with E-state index in [9.17, 15) is 4.79 Å². The molecule has 0 fully saturated rings. The molecule has 0 bridgehead atoms. The number of para-hydroxylation sites is 2. The highest BCUT2D eigenvalue weighted by Gasteiger charge is 2.16. The third-order valence-corrected chi connectivity index (χ3v) is 6.65. The van der Waals surface area contributed by atoms with Crippen molar-refractivity contribution < 1.29 is 0 Å². The highest BCUT2D eigenvalue weighted by Crippen LogP contribution is 2.29. The van der Waals surface area contributed by atoms with Crippen molar-refractivity contribution in [3.8, 4) is 0 Å². The second kappa shape index (κ2) is 7.21. The quantitative estimate of drug-likeness (QED) is 0.349. The van der Waals surface area contributed by atoms with Gasteiger partial charge < -0.3 is 0 Å². The van der Waals surface area contributed by atoms with E-state index in [1.165, 1.54) is 4.70 Å². The summed E-state index contributed by atoms with van der Waals surface area (Å²) in [6.07, 6.45) is 0.884. The van der Waals surface area contributed by atoms with Crippen LogP contribution in [0.5, 0.6) is 0 Å².